The van der Waals surface area contributed by atoms with Gasteiger partial charge in [0.2, 0.25) is 0 Å². The van der Waals surface area contributed by atoms with Crippen molar-refractivity contribution in [1.29, 1.82) is 0 Å². The minimum Gasteiger partial charge on any atom is -0.465 e. The van der Waals surface area contributed by atoms with Crippen molar-refractivity contribution in [2.24, 2.45) is 0 Å². The summed E-state index contributed by atoms with van der Waals surface area (Å²) in [5.41, 5.74) is 1.30. The van der Waals surface area contributed by atoms with Crippen molar-refractivity contribution in [3.8, 4) is 0 Å². The number of hydrogen-bond acceptors (Lipinski definition) is 5. The summed E-state index contributed by atoms with van der Waals surface area (Å²) in [5.74, 6) is 0. The molecule has 3 amide bonds. The van der Waals surface area contributed by atoms with Gasteiger partial charge in [0.15, 0.2) is 0 Å². The molecule has 0 atom stereocenters. The Labute approximate surface area is 188 Å². The van der Waals surface area contributed by atoms with Gasteiger partial charge in [0.25, 0.3) is 0 Å². The lowest BCUT2D eigenvalue weighted by Crippen LogP contribution is -2.45. The summed E-state index contributed by atoms with van der Waals surface area (Å²) in [6, 6.07) is 10.3. The van der Waals surface area contributed by atoms with E-state index in [0.717, 1.165) is 19.3 Å². The summed E-state index contributed by atoms with van der Waals surface area (Å²) >= 11 is 0. The fraction of sp³-hybridized carbons (Fsp3) is 0.609. The van der Waals surface area contributed by atoms with Crippen LogP contribution in [0.25, 0.3) is 0 Å². The van der Waals surface area contributed by atoms with Crippen LogP contribution in [0.2, 0.25) is 0 Å². The predicted octanol–water partition coefficient (Wildman–Crippen LogP) is 3.48. The van der Waals surface area contributed by atoms with E-state index in [1.165, 1.54) is 10.5 Å². The zero-order valence-electron chi connectivity index (χ0n) is 18.4. The van der Waals surface area contributed by atoms with Crippen molar-refractivity contribution < 1.29 is 29.0 Å². The first-order chi connectivity index (χ1) is 15.5. The number of piperidine rings is 2. The molecule has 3 rings (SSSR count). The van der Waals surface area contributed by atoms with E-state index < -0.39 is 12.2 Å². The molecule has 2 saturated heterocycles. The molecule has 2 aliphatic rings. The molecule has 0 radical (unpaired) electrons. The molecular weight excluding hydrogens is 414 g/mol. The predicted molar refractivity (Wildman–Crippen MR) is 118 cm³/mol. The number of aryl methyl sites for hydroxylation is 1. The second-order valence-electron chi connectivity index (χ2n) is 8.31. The van der Waals surface area contributed by atoms with Crippen LogP contribution in [0.1, 0.15) is 44.1 Å². The highest BCUT2D eigenvalue weighted by molar-refractivity contribution is 5.69. The van der Waals surface area contributed by atoms with Gasteiger partial charge in [-0.25, -0.2) is 14.4 Å². The molecule has 0 saturated carbocycles. The van der Waals surface area contributed by atoms with Gasteiger partial charge in [-0.1, -0.05) is 30.3 Å². The monoisotopic (exact) mass is 447 g/mol. The third-order valence-electron chi connectivity index (χ3n) is 5.96. The maximum atomic E-state index is 12.4. The fourth-order valence-electron chi connectivity index (χ4n) is 4.02. The minimum absolute atomic E-state index is 0.206. The Bertz CT molecular complexity index is 743. The number of carbonyl (C=O) groups excluding carboxylic acids is 2. The third-order valence-corrected chi connectivity index (χ3v) is 5.96. The van der Waals surface area contributed by atoms with E-state index in [1.807, 2.05) is 18.2 Å². The van der Waals surface area contributed by atoms with Gasteiger partial charge in [0, 0.05) is 58.4 Å². The van der Waals surface area contributed by atoms with Gasteiger partial charge in [-0.3, -0.25) is 0 Å². The van der Waals surface area contributed by atoms with Gasteiger partial charge in [-0.2, -0.15) is 0 Å². The van der Waals surface area contributed by atoms with E-state index in [1.54, 1.807) is 4.90 Å². The highest BCUT2D eigenvalue weighted by Gasteiger charge is 2.29. The number of likely N-dealkylation sites (tertiary alicyclic amines) is 2. The molecular formula is C23H33N3O6. The number of benzene rings is 1. The number of nitrogens with one attached hydrogen (secondary N) is 1. The zero-order chi connectivity index (χ0) is 22.8. The molecule has 1 aromatic carbocycles. The number of rotatable bonds is 7. The highest BCUT2D eigenvalue weighted by Crippen LogP contribution is 2.18. The first-order valence-electron chi connectivity index (χ1n) is 11.4. The third kappa shape index (κ3) is 7.62. The quantitative estimate of drug-likeness (QED) is 0.620. The van der Waals surface area contributed by atoms with Crippen LogP contribution in [0.15, 0.2) is 30.3 Å². The number of ether oxygens (including phenoxy) is 2. The summed E-state index contributed by atoms with van der Waals surface area (Å²) in [4.78, 5) is 38.3. The summed E-state index contributed by atoms with van der Waals surface area (Å²) in [6.07, 6.45) is 2.89. The van der Waals surface area contributed by atoms with E-state index >= 15 is 0 Å². The number of carboxylic acid groups (broad SMARTS) is 1. The molecule has 9 heteroatoms. The topological polar surface area (TPSA) is 108 Å². The zero-order valence-corrected chi connectivity index (χ0v) is 18.4. The molecule has 2 N–H and O–H groups in total. The smallest absolute Gasteiger partial charge is 0.410 e. The second-order valence-corrected chi connectivity index (χ2v) is 8.31. The van der Waals surface area contributed by atoms with Crippen LogP contribution < -0.4 is 5.32 Å². The van der Waals surface area contributed by atoms with Crippen molar-refractivity contribution in [2.75, 3.05) is 32.7 Å². The summed E-state index contributed by atoms with van der Waals surface area (Å²) < 4.78 is 11.0. The van der Waals surface area contributed by atoms with Crippen LogP contribution in [0.3, 0.4) is 0 Å². The van der Waals surface area contributed by atoms with Crippen LogP contribution in [0, 0.1) is 0 Å². The molecule has 0 aromatic heterocycles. The Balaban J connectivity index is 1.24. The Hall–Kier alpha value is -2.97. The van der Waals surface area contributed by atoms with Gasteiger partial charge in [-0.15, -0.1) is 0 Å². The largest absolute Gasteiger partial charge is 0.465 e. The van der Waals surface area contributed by atoms with Crippen molar-refractivity contribution in [1.82, 2.24) is 15.1 Å². The van der Waals surface area contributed by atoms with Crippen molar-refractivity contribution in [3.63, 3.8) is 0 Å². The van der Waals surface area contributed by atoms with Gasteiger partial charge in [0.05, 0.1) is 0 Å². The van der Waals surface area contributed by atoms with Crippen LogP contribution in [0.5, 0.6) is 0 Å². The summed E-state index contributed by atoms with van der Waals surface area (Å²) in [6.45, 7) is 2.29. The molecule has 0 spiro atoms. The van der Waals surface area contributed by atoms with Gasteiger partial charge >= 0.3 is 18.3 Å². The van der Waals surface area contributed by atoms with E-state index in [-0.39, 0.29) is 18.3 Å². The van der Waals surface area contributed by atoms with Crippen LogP contribution in [0.4, 0.5) is 14.4 Å². The van der Waals surface area contributed by atoms with Crippen LogP contribution in [-0.4, -0.2) is 78.1 Å². The molecule has 0 bridgehead atoms. The molecule has 0 unspecified atom stereocenters. The molecule has 2 fully saturated rings. The lowest BCUT2D eigenvalue weighted by molar-refractivity contribution is 0.0125. The van der Waals surface area contributed by atoms with Crippen molar-refractivity contribution in [3.05, 3.63) is 35.9 Å². The van der Waals surface area contributed by atoms with E-state index in [4.69, 9.17) is 14.6 Å². The molecule has 176 valence electrons. The standard InChI is InChI=1S/C23H33N3O6/c27-21(24-13-5-4-8-18-6-2-1-3-7-18)31-19-11-16-26(17-12-19)23(30)32-20-9-14-25(15-10-20)22(28)29/h1-3,6-7,19-20H,4-5,8-17H2,(H,24,27)(H,28,29). The number of hydrogen-bond donors (Lipinski definition) is 2. The first kappa shape index (κ1) is 23.7. The Morgan fingerprint density at radius 3 is 2.09 bits per heavy atom. The average molecular weight is 448 g/mol. The lowest BCUT2D eigenvalue weighted by Gasteiger charge is -2.34. The number of alkyl carbamates (subject to hydrolysis) is 1. The first-order valence-corrected chi connectivity index (χ1v) is 11.4. The maximum absolute atomic E-state index is 12.4. The number of carbonyl (C=O) groups is 3. The summed E-state index contributed by atoms with van der Waals surface area (Å²) in [5, 5.41) is 11.8. The highest BCUT2D eigenvalue weighted by atomic mass is 16.6. The molecule has 0 aliphatic carbocycles. The van der Waals surface area contributed by atoms with E-state index in [0.29, 0.717) is 58.4 Å². The number of amides is 3. The molecule has 2 heterocycles. The second kappa shape index (κ2) is 12.2. The SMILES string of the molecule is O=C(NCCCCc1ccccc1)OC1CCN(C(=O)OC2CCN(C(=O)O)CC2)CC1. The van der Waals surface area contributed by atoms with Crippen molar-refractivity contribution in [2.45, 2.75) is 57.2 Å². The number of nitrogens with zero attached hydrogens (tertiary/aromatic N) is 2. The Morgan fingerprint density at radius 2 is 1.47 bits per heavy atom. The minimum atomic E-state index is -0.937. The lowest BCUT2D eigenvalue weighted by atomic mass is 10.1. The van der Waals surface area contributed by atoms with Crippen molar-refractivity contribution >= 4 is 18.3 Å². The van der Waals surface area contributed by atoms with Crippen LogP contribution in [-0.2, 0) is 15.9 Å². The molecule has 9 nitrogen and oxygen atoms in total. The Morgan fingerprint density at radius 1 is 0.875 bits per heavy atom. The Kier molecular flexibility index (Phi) is 9.01. The van der Waals surface area contributed by atoms with E-state index in [2.05, 4.69) is 17.4 Å². The van der Waals surface area contributed by atoms with Crippen LogP contribution >= 0.6 is 0 Å². The molecule has 32 heavy (non-hydrogen) atoms. The summed E-state index contributed by atoms with van der Waals surface area (Å²) in [7, 11) is 0. The van der Waals surface area contributed by atoms with Gasteiger partial charge < -0.3 is 29.7 Å². The molecule has 1 aromatic rings. The van der Waals surface area contributed by atoms with Gasteiger partial charge in [-0.05, 0) is 24.8 Å². The average Bonchev–Trinajstić information content (AvgIpc) is 2.80. The van der Waals surface area contributed by atoms with E-state index in [9.17, 15) is 14.4 Å². The normalized spacial score (nSPS) is 17.6. The number of unbranched alkanes of at least 4 members (excludes halogenated alkanes) is 1. The molecule has 2 aliphatic heterocycles. The fourth-order valence-corrected chi connectivity index (χ4v) is 4.02. The maximum Gasteiger partial charge on any atom is 0.410 e. The van der Waals surface area contributed by atoms with Gasteiger partial charge in [0.1, 0.15) is 12.2 Å².